The fraction of sp³-hybridized carbons (Fsp3) is 0.957. The lowest BCUT2D eigenvalue weighted by atomic mass is 9.73. The summed E-state index contributed by atoms with van der Waals surface area (Å²) in [7, 11) is 4.76. The van der Waals surface area contributed by atoms with Crippen LogP contribution in [0.4, 0.5) is 0 Å². The second-order valence-electron chi connectivity index (χ2n) is 22.1. The zero-order valence-corrected chi connectivity index (χ0v) is 45.4. The number of carbonyl (C=O) groups excluding carboxylic acids is 2. The molecule has 64 heavy (non-hydrogen) atoms. The number of ether oxygens (including phenoxy) is 10. The van der Waals surface area contributed by atoms with Gasteiger partial charge in [0.1, 0.15) is 36.8 Å². The summed E-state index contributed by atoms with van der Waals surface area (Å²) < 4.78 is 81.5. The third-order valence-electron chi connectivity index (χ3n) is 14.5. The first kappa shape index (κ1) is 55.7. The number of methoxy groups -OCH3 is 3. The Kier molecular flexibility index (Phi) is 18.6. The van der Waals surface area contributed by atoms with Crippen molar-refractivity contribution >= 4 is 28.9 Å². The topological polar surface area (TPSA) is 148 Å². The van der Waals surface area contributed by atoms with Crippen LogP contribution in [-0.2, 0) is 65.8 Å². The van der Waals surface area contributed by atoms with Crippen molar-refractivity contribution in [3.05, 3.63) is 0 Å². The number of hydrogen-bond acceptors (Lipinski definition) is 15. The van der Waals surface area contributed by atoms with Gasteiger partial charge in [-0.25, -0.2) is 0 Å². The van der Waals surface area contributed by atoms with E-state index in [4.69, 9.17) is 56.2 Å². The molecule has 0 unspecified atom stereocenters. The minimum Gasteiger partial charge on any atom is -0.459 e. The Morgan fingerprint density at radius 1 is 0.781 bits per heavy atom. The normalized spacial score (nSPS) is 45.3. The first-order valence-electron chi connectivity index (χ1n) is 23.7. The number of aldehydes is 1. The third-order valence-corrected chi connectivity index (χ3v) is 16.5. The molecule has 0 radical (unpaired) electrons. The van der Waals surface area contributed by atoms with Crippen molar-refractivity contribution in [3.8, 4) is 0 Å². The van der Waals surface area contributed by atoms with E-state index in [0.717, 1.165) is 6.42 Å². The number of cyclic esters (lactones) is 1. The van der Waals surface area contributed by atoms with Gasteiger partial charge in [0, 0.05) is 51.5 Å². The molecule has 0 aromatic carbocycles. The SMILES string of the molecule is CC[C@H]1OC(=O)[C@H](C)[C@@H](O[C@H]2C[C@@](C)(OC)[C@@H](OCC=O)[C@H](C)O2)[C@H](C)[C@@H](O[C@@H]2O[C@H](C)C[C@H](N(C)C)[C@H]2O[Si](C)(C)C)[C@](C)(OC)C[C@@H](C)[C@]2(OC)O[C@@]1(C)[C@H](O[Si](C)(C)C)[C@H]2C. The zero-order valence-electron chi connectivity index (χ0n) is 43.4. The van der Waals surface area contributed by atoms with Gasteiger partial charge >= 0.3 is 5.97 Å². The van der Waals surface area contributed by atoms with Gasteiger partial charge in [-0.2, -0.15) is 0 Å². The smallest absolute Gasteiger partial charge is 0.311 e. The molecule has 19 atom stereocenters. The summed E-state index contributed by atoms with van der Waals surface area (Å²) in [4.78, 5) is 28.6. The molecule has 15 nitrogen and oxygen atoms in total. The quantitative estimate of drug-likeness (QED) is 0.0873. The van der Waals surface area contributed by atoms with Crippen LogP contribution in [0.25, 0.3) is 0 Å². The van der Waals surface area contributed by atoms with Crippen molar-refractivity contribution in [1.82, 2.24) is 4.90 Å². The van der Waals surface area contributed by atoms with E-state index in [1.54, 1.807) is 21.3 Å². The van der Waals surface area contributed by atoms with Gasteiger partial charge in [0.05, 0.1) is 47.6 Å². The summed E-state index contributed by atoms with van der Waals surface area (Å²) in [5.41, 5.74) is -3.05. The molecule has 4 rings (SSSR count). The lowest BCUT2D eigenvalue weighted by Gasteiger charge is -2.51. The van der Waals surface area contributed by atoms with E-state index in [-0.39, 0.29) is 37.0 Å². The van der Waals surface area contributed by atoms with E-state index in [2.05, 4.69) is 86.0 Å². The van der Waals surface area contributed by atoms with Crippen molar-refractivity contribution in [1.29, 1.82) is 0 Å². The summed E-state index contributed by atoms with van der Waals surface area (Å²) in [6.07, 6.45) is -3.53. The van der Waals surface area contributed by atoms with E-state index in [1.807, 2.05) is 41.5 Å². The van der Waals surface area contributed by atoms with Crippen LogP contribution >= 0.6 is 0 Å². The van der Waals surface area contributed by atoms with Crippen molar-refractivity contribution in [2.24, 2.45) is 23.7 Å². The number of nitrogens with zero attached hydrogens (tertiary/aromatic N) is 1. The van der Waals surface area contributed by atoms with Gasteiger partial charge < -0.3 is 65.9 Å². The van der Waals surface area contributed by atoms with Crippen LogP contribution in [-0.4, -0.2) is 166 Å². The fourth-order valence-electron chi connectivity index (χ4n) is 11.3. The van der Waals surface area contributed by atoms with E-state index < -0.39 is 112 Å². The maximum absolute atomic E-state index is 15.0. The van der Waals surface area contributed by atoms with E-state index >= 15 is 4.79 Å². The molecule has 0 spiro atoms. The molecule has 4 fully saturated rings. The summed E-state index contributed by atoms with van der Waals surface area (Å²) in [6, 6.07) is -0.00565. The summed E-state index contributed by atoms with van der Waals surface area (Å²) >= 11 is 0. The van der Waals surface area contributed by atoms with E-state index in [9.17, 15) is 4.79 Å². The van der Waals surface area contributed by atoms with Gasteiger partial charge in [-0.05, 0) is 114 Å². The van der Waals surface area contributed by atoms with Gasteiger partial charge in [0.25, 0.3) is 0 Å². The van der Waals surface area contributed by atoms with Crippen LogP contribution in [0.1, 0.15) is 94.9 Å². The lowest BCUT2D eigenvalue weighted by molar-refractivity contribution is -0.323. The maximum atomic E-state index is 15.0. The highest BCUT2D eigenvalue weighted by Crippen LogP contribution is 2.54. The molecule has 0 saturated carbocycles. The average molecular weight is 948 g/mol. The second kappa shape index (κ2) is 21.4. The number of carbonyl (C=O) groups is 2. The third kappa shape index (κ3) is 11.9. The van der Waals surface area contributed by atoms with Gasteiger partial charge in [0.2, 0.25) is 0 Å². The van der Waals surface area contributed by atoms with Gasteiger partial charge in [-0.3, -0.25) is 4.79 Å². The van der Waals surface area contributed by atoms with E-state index in [1.165, 1.54) is 0 Å². The molecule has 4 aliphatic heterocycles. The molecule has 4 aliphatic rings. The van der Waals surface area contributed by atoms with Crippen molar-refractivity contribution < 1.29 is 65.8 Å². The maximum Gasteiger partial charge on any atom is 0.311 e. The summed E-state index contributed by atoms with van der Waals surface area (Å²) in [5.74, 6) is -3.63. The number of hydrogen-bond donors (Lipinski definition) is 0. The highest BCUT2D eigenvalue weighted by Gasteiger charge is 2.67. The fourth-order valence-corrected chi connectivity index (χ4v) is 13.6. The van der Waals surface area contributed by atoms with Crippen LogP contribution in [0.3, 0.4) is 0 Å². The van der Waals surface area contributed by atoms with Crippen molar-refractivity contribution in [2.75, 3.05) is 42.0 Å². The Morgan fingerprint density at radius 3 is 1.89 bits per heavy atom. The summed E-state index contributed by atoms with van der Waals surface area (Å²) in [5, 5.41) is 0. The molecular formula is C47H89NO14Si2. The molecule has 17 heteroatoms. The molecule has 0 amide bonds. The van der Waals surface area contributed by atoms with Gasteiger partial charge in [-0.15, -0.1) is 0 Å². The molecular weight excluding hydrogens is 859 g/mol. The van der Waals surface area contributed by atoms with Crippen LogP contribution in [0.15, 0.2) is 0 Å². The Labute approximate surface area is 388 Å². The van der Waals surface area contributed by atoms with Crippen molar-refractivity contribution in [2.45, 2.75) is 224 Å². The molecule has 0 aliphatic carbocycles. The first-order chi connectivity index (χ1) is 29.5. The monoisotopic (exact) mass is 948 g/mol. The number of rotatable bonds is 16. The number of fused-ring (bicyclic) bond motifs is 2. The Morgan fingerprint density at radius 2 is 1.38 bits per heavy atom. The van der Waals surface area contributed by atoms with E-state index in [0.29, 0.717) is 19.1 Å². The highest BCUT2D eigenvalue weighted by molar-refractivity contribution is 6.70. The minimum atomic E-state index is -2.21. The predicted molar refractivity (Wildman–Crippen MR) is 249 cm³/mol. The Hall–Kier alpha value is -0.906. The van der Waals surface area contributed by atoms with Crippen LogP contribution in [0, 0.1) is 23.7 Å². The summed E-state index contributed by atoms with van der Waals surface area (Å²) in [6.45, 7) is 32.9. The number of esters is 1. The molecule has 4 heterocycles. The molecule has 4 saturated heterocycles. The lowest BCUT2D eigenvalue weighted by Crippen LogP contribution is -2.62. The number of likely N-dealkylation sites (N-methyl/N-ethyl adjacent to an activating group) is 1. The van der Waals surface area contributed by atoms with Gasteiger partial charge in [0.15, 0.2) is 35.0 Å². The standard InChI is InChI=1S/C47H89NO14Si2/c1-22-35-46(10)40(61-64(19,20)21)32(6)47(53-15,62-46)28(2)26-44(8,51-13)39(59-43-38(60-63(16,17)18)34(48(11)12)25-29(3)55-43)30(4)37(31(5)42(50)57-35)58-36-27-45(9,52-14)41(33(7)56-36)54-24-23-49/h23,28-41,43H,22,24-27H2,1-21H3/t28-,29-,30+,31-,32-,33+,34+,35-,36+,37+,38-,39-,40-,41+,43+,44-,45-,46-,47+/m1/s1. The minimum absolute atomic E-state index is 0.00565. The average Bonchev–Trinajstić information content (AvgIpc) is 3.41. The highest BCUT2D eigenvalue weighted by atomic mass is 28.4. The molecule has 374 valence electrons. The molecule has 2 bridgehead atoms. The zero-order chi connectivity index (χ0) is 48.5. The largest absolute Gasteiger partial charge is 0.459 e. The van der Waals surface area contributed by atoms with Crippen LogP contribution in [0.2, 0.25) is 39.3 Å². The molecule has 0 aromatic rings. The van der Waals surface area contributed by atoms with Gasteiger partial charge in [-0.1, -0.05) is 27.7 Å². The molecule has 0 N–H and O–H groups in total. The second-order valence-corrected chi connectivity index (χ2v) is 31.0. The van der Waals surface area contributed by atoms with Crippen LogP contribution < -0.4 is 0 Å². The predicted octanol–water partition coefficient (Wildman–Crippen LogP) is 7.19. The Balaban J connectivity index is 1.97. The van der Waals surface area contributed by atoms with Crippen LogP contribution in [0.5, 0.6) is 0 Å². The first-order valence-corrected chi connectivity index (χ1v) is 30.6. The van der Waals surface area contributed by atoms with Crippen molar-refractivity contribution in [3.63, 3.8) is 0 Å². The molecule has 0 aromatic heterocycles. The Bertz CT molecular complexity index is 1530.